The Hall–Kier alpha value is -2.24. The van der Waals surface area contributed by atoms with Crippen LogP contribution in [-0.2, 0) is 10.2 Å². The Morgan fingerprint density at radius 1 is 1.09 bits per heavy atom. The molecule has 1 aliphatic carbocycles. The van der Waals surface area contributed by atoms with Gasteiger partial charge in [-0.3, -0.25) is 4.79 Å². The first-order valence-corrected chi connectivity index (χ1v) is 8.10. The monoisotopic (exact) mass is 314 g/mol. The molecule has 2 aromatic rings. The zero-order valence-corrected chi connectivity index (χ0v) is 12.9. The highest BCUT2D eigenvalue weighted by Gasteiger charge is 2.53. The summed E-state index contributed by atoms with van der Waals surface area (Å²) in [5, 5.41) is 8.39. The van der Waals surface area contributed by atoms with Gasteiger partial charge in [-0.1, -0.05) is 12.1 Å². The van der Waals surface area contributed by atoms with Crippen LogP contribution in [0.3, 0.4) is 0 Å². The highest BCUT2D eigenvalue weighted by atomic mass is 19.1. The first kappa shape index (κ1) is 14.4. The molecule has 1 amide bonds. The second-order valence-corrected chi connectivity index (χ2v) is 6.46. The van der Waals surface area contributed by atoms with Crippen molar-refractivity contribution in [3.63, 3.8) is 0 Å². The predicted molar refractivity (Wildman–Crippen MR) is 82.2 cm³/mol. The fourth-order valence-electron chi connectivity index (χ4n) is 3.54. The molecule has 2 aliphatic rings. The Kier molecular flexibility index (Phi) is 3.39. The minimum Gasteiger partial charge on any atom is -0.342 e. The van der Waals surface area contributed by atoms with Gasteiger partial charge in [-0.2, -0.15) is 15.0 Å². The van der Waals surface area contributed by atoms with Crippen molar-refractivity contribution in [3.8, 4) is 0 Å². The number of rotatable bonds is 3. The molecule has 0 atom stereocenters. The SMILES string of the molecule is O=C(N1CCC(n2nccn2)CC1)C1(c2ccc(F)cc2)CC1. The quantitative estimate of drug-likeness (QED) is 0.873. The molecule has 1 aromatic heterocycles. The number of carbonyl (C=O) groups excluding carboxylic acids is 1. The molecule has 1 saturated carbocycles. The van der Waals surface area contributed by atoms with Crippen molar-refractivity contribution < 1.29 is 9.18 Å². The average molecular weight is 314 g/mol. The first-order chi connectivity index (χ1) is 11.2. The lowest BCUT2D eigenvalue weighted by Crippen LogP contribution is -2.44. The molecule has 0 bridgehead atoms. The van der Waals surface area contributed by atoms with Crippen LogP contribution in [0.25, 0.3) is 0 Å². The van der Waals surface area contributed by atoms with Gasteiger partial charge in [0.15, 0.2) is 0 Å². The molecule has 0 unspecified atom stereocenters. The molecule has 2 heterocycles. The van der Waals surface area contributed by atoms with E-state index in [-0.39, 0.29) is 17.8 Å². The fraction of sp³-hybridized carbons (Fsp3) is 0.471. The zero-order valence-electron chi connectivity index (χ0n) is 12.9. The van der Waals surface area contributed by atoms with E-state index in [4.69, 9.17) is 0 Å². The number of carbonyl (C=O) groups is 1. The van der Waals surface area contributed by atoms with Crippen LogP contribution in [0.4, 0.5) is 4.39 Å². The van der Waals surface area contributed by atoms with Gasteiger partial charge in [0.1, 0.15) is 5.82 Å². The molecule has 0 N–H and O–H groups in total. The summed E-state index contributed by atoms with van der Waals surface area (Å²) >= 11 is 0. The van der Waals surface area contributed by atoms with Gasteiger partial charge in [0.25, 0.3) is 0 Å². The van der Waals surface area contributed by atoms with E-state index in [1.54, 1.807) is 29.3 Å². The topological polar surface area (TPSA) is 51.0 Å². The standard InChI is InChI=1S/C17H19FN4O/c18-14-3-1-13(2-4-14)17(7-8-17)16(23)21-11-5-15(6-12-21)22-19-9-10-20-22/h1-4,9-10,15H,5-8,11-12H2. The molecular formula is C17H19FN4O. The summed E-state index contributed by atoms with van der Waals surface area (Å²) < 4.78 is 13.1. The van der Waals surface area contributed by atoms with Crippen LogP contribution in [0.5, 0.6) is 0 Å². The van der Waals surface area contributed by atoms with Gasteiger partial charge in [0.2, 0.25) is 5.91 Å². The molecule has 6 heteroatoms. The molecular weight excluding hydrogens is 295 g/mol. The number of piperidine rings is 1. The van der Waals surface area contributed by atoms with Gasteiger partial charge in [-0.25, -0.2) is 4.39 Å². The summed E-state index contributed by atoms with van der Waals surface area (Å²) in [5.41, 5.74) is 0.532. The van der Waals surface area contributed by atoms with Crippen molar-refractivity contribution in [1.29, 1.82) is 0 Å². The van der Waals surface area contributed by atoms with Crippen molar-refractivity contribution in [2.75, 3.05) is 13.1 Å². The minimum atomic E-state index is -0.412. The first-order valence-electron chi connectivity index (χ1n) is 8.10. The smallest absolute Gasteiger partial charge is 0.233 e. The van der Waals surface area contributed by atoms with E-state index in [1.807, 2.05) is 4.90 Å². The summed E-state index contributed by atoms with van der Waals surface area (Å²) in [4.78, 5) is 16.7. The largest absolute Gasteiger partial charge is 0.342 e. The predicted octanol–water partition coefficient (Wildman–Crippen LogP) is 2.31. The second-order valence-electron chi connectivity index (χ2n) is 6.46. The molecule has 0 radical (unpaired) electrons. The van der Waals surface area contributed by atoms with Crippen LogP contribution in [0, 0.1) is 5.82 Å². The zero-order chi connectivity index (χ0) is 15.9. The van der Waals surface area contributed by atoms with Crippen molar-refractivity contribution in [2.24, 2.45) is 0 Å². The second kappa shape index (κ2) is 5.44. The minimum absolute atomic E-state index is 0.191. The summed E-state index contributed by atoms with van der Waals surface area (Å²) in [6, 6.07) is 6.66. The van der Waals surface area contributed by atoms with Crippen molar-refractivity contribution >= 4 is 5.91 Å². The Bertz CT molecular complexity index is 686. The third-order valence-electron chi connectivity index (χ3n) is 5.07. The maximum Gasteiger partial charge on any atom is 0.233 e. The van der Waals surface area contributed by atoms with Crippen molar-refractivity contribution in [2.45, 2.75) is 37.1 Å². The molecule has 4 rings (SSSR count). The number of amides is 1. The lowest BCUT2D eigenvalue weighted by atomic mass is 9.93. The highest BCUT2D eigenvalue weighted by Crippen LogP contribution is 2.50. The Balaban J connectivity index is 1.45. The number of aromatic nitrogens is 3. The van der Waals surface area contributed by atoms with E-state index in [0.29, 0.717) is 0 Å². The normalized spacial score (nSPS) is 20.5. The van der Waals surface area contributed by atoms with Gasteiger partial charge in [0.05, 0.1) is 23.9 Å². The van der Waals surface area contributed by atoms with Crippen LogP contribution >= 0.6 is 0 Å². The number of nitrogens with zero attached hydrogens (tertiary/aromatic N) is 4. The van der Waals surface area contributed by atoms with Gasteiger partial charge in [-0.05, 0) is 43.4 Å². The summed E-state index contributed by atoms with van der Waals surface area (Å²) in [6.07, 6.45) is 6.84. The third kappa shape index (κ3) is 2.52. The van der Waals surface area contributed by atoms with Gasteiger partial charge in [-0.15, -0.1) is 0 Å². The molecule has 1 aromatic carbocycles. The molecule has 120 valence electrons. The van der Waals surface area contributed by atoms with E-state index >= 15 is 0 Å². The number of hydrogen-bond donors (Lipinski definition) is 0. The van der Waals surface area contributed by atoms with Gasteiger partial charge < -0.3 is 4.90 Å². The molecule has 5 nitrogen and oxygen atoms in total. The van der Waals surface area contributed by atoms with Crippen LogP contribution in [0.2, 0.25) is 0 Å². The molecule has 2 fully saturated rings. The molecule has 0 spiro atoms. The Labute approximate surface area is 134 Å². The number of halogens is 1. The van der Waals surface area contributed by atoms with Gasteiger partial charge >= 0.3 is 0 Å². The molecule has 1 saturated heterocycles. The summed E-state index contributed by atoms with van der Waals surface area (Å²) in [6.45, 7) is 1.46. The maximum absolute atomic E-state index is 13.1. The molecule has 1 aliphatic heterocycles. The summed E-state index contributed by atoms with van der Waals surface area (Å²) in [7, 11) is 0. The lowest BCUT2D eigenvalue weighted by molar-refractivity contribution is -0.135. The van der Waals surface area contributed by atoms with Gasteiger partial charge in [0, 0.05) is 13.1 Å². The number of likely N-dealkylation sites (tertiary alicyclic amines) is 1. The number of benzene rings is 1. The fourth-order valence-corrected chi connectivity index (χ4v) is 3.54. The van der Waals surface area contributed by atoms with Crippen LogP contribution in [0.15, 0.2) is 36.7 Å². The van der Waals surface area contributed by atoms with Crippen molar-refractivity contribution in [3.05, 3.63) is 48.0 Å². The van der Waals surface area contributed by atoms with E-state index in [1.165, 1.54) is 12.1 Å². The Morgan fingerprint density at radius 2 is 1.70 bits per heavy atom. The van der Waals surface area contributed by atoms with Crippen LogP contribution in [0.1, 0.15) is 37.3 Å². The number of hydrogen-bond acceptors (Lipinski definition) is 3. The van der Waals surface area contributed by atoms with Crippen LogP contribution < -0.4 is 0 Å². The molecule has 23 heavy (non-hydrogen) atoms. The van der Waals surface area contributed by atoms with E-state index in [2.05, 4.69) is 10.2 Å². The van der Waals surface area contributed by atoms with Crippen LogP contribution in [-0.4, -0.2) is 38.9 Å². The van der Waals surface area contributed by atoms with E-state index in [9.17, 15) is 9.18 Å². The lowest BCUT2D eigenvalue weighted by Gasteiger charge is -2.34. The average Bonchev–Trinajstić information content (AvgIpc) is 3.21. The highest BCUT2D eigenvalue weighted by molar-refractivity contribution is 5.91. The maximum atomic E-state index is 13.1. The van der Waals surface area contributed by atoms with Crippen molar-refractivity contribution in [1.82, 2.24) is 19.9 Å². The van der Waals surface area contributed by atoms with E-state index in [0.717, 1.165) is 44.3 Å². The Morgan fingerprint density at radius 3 is 2.26 bits per heavy atom. The third-order valence-corrected chi connectivity index (χ3v) is 5.07. The summed E-state index contributed by atoms with van der Waals surface area (Å²) in [5.74, 6) is -0.0690. The van der Waals surface area contributed by atoms with E-state index < -0.39 is 5.41 Å².